The van der Waals surface area contributed by atoms with E-state index in [-0.39, 0.29) is 17.9 Å². The molecule has 2 amide bonds. The molecule has 0 fully saturated rings. The quantitative estimate of drug-likeness (QED) is 0.877. The third kappa shape index (κ3) is 4.37. The van der Waals surface area contributed by atoms with Crippen LogP contribution in [0.15, 0.2) is 42.9 Å². The van der Waals surface area contributed by atoms with Crippen molar-refractivity contribution >= 4 is 11.8 Å². The van der Waals surface area contributed by atoms with Crippen molar-refractivity contribution in [3.8, 4) is 0 Å². The predicted molar refractivity (Wildman–Crippen MR) is 82.2 cm³/mol. The third-order valence-corrected chi connectivity index (χ3v) is 2.84. The Hall–Kier alpha value is -2.76. The van der Waals surface area contributed by atoms with Gasteiger partial charge in [0.1, 0.15) is 0 Å². The Morgan fingerprint density at radius 1 is 1.14 bits per heavy atom. The van der Waals surface area contributed by atoms with E-state index in [1.807, 2.05) is 32.0 Å². The summed E-state index contributed by atoms with van der Waals surface area (Å²) in [4.78, 5) is 32.1. The highest BCUT2D eigenvalue weighted by atomic mass is 16.2. The number of hydrogen-bond acceptors (Lipinski definition) is 4. The van der Waals surface area contributed by atoms with Gasteiger partial charge in [0.15, 0.2) is 0 Å². The van der Waals surface area contributed by atoms with Crippen molar-refractivity contribution in [2.24, 2.45) is 0 Å². The monoisotopic (exact) mass is 298 g/mol. The van der Waals surface area contributed by atoms with E-state index in [1.165, 1.54) is 18.5 Å². The molecule has 0 bridgehead atoms. The minimum Gasteiger partial charge on any atom is -0.350 e. The standard InChI is InChI=1S/C16H18N4O2/c1-11(2)20-16(22)13-7-12(8-17-9-13)15(21)19-10-14-5-3-4-6-18-14/h3-9,11H,10H2,1-2H3,(H,19,21)(H,20,22). The zero-order valence-corrected chi connectivity index (χ0v) is 12.5. The van der Waals surface area contributed by atoms with Gasteiger partial charge in [0.05, 0.1) is 23.4 Å². The van der Waals surface area contributed by atoms with Crippen LogP contribution in [0.4, 0.5) is 0 Å². The molecule has 0 aliphatic heterocycles. The highest BCUT2D eigenvalue weighted by Crippen LogP contribution is 2.04. The number of nitrogens with one attached hydrogen (secondary N) is 2. The Morgan fingerprint density at radius 3 is 2.50 bits per heavy atom. The van der Waals surface area contributed by atoms with Crippen molar-refractivity contribution in [1.82, 2.24) is 20.6 Å². The lowest BCUT2D eigenvalue weighted by molar-refractivity contribution is 0.0942. The summed E-state index contributed by atoms with van der Waals surface area (Å²) in [5.41, 5.74) is 1.46. The second kappa shape index (κ2) is 7.31. The predicted octanol–water partition coefficient (Wildman–Crippen LogP) is 1.54. The summed E-state index contributed by atoms with van der Waals surface area (Å²) in [6.07, 6.45) is 4.53. The van der Waals surface area contributed by atoms with Gasteiger partial charge in [-0.2, -0.15) is 0 Å². The fourth-order valence-corrected chi connectivity index (χ4v) is 1.81. The molecule has 2 N–H and O–H groups in total. The first kappa shape index (κ1) is 15.6. The zero-order chi connectivity index (χ0) is 15.9. The Bertz CT molecular complexity index is 656. The maximum Gasteiger partial charge on any atom is 0.253 e. The Balaban J connectivity index is 2.02. The lowest BCUT2D eigenvalue weighted by Crippen LogP contribution is -2.30. The molecule has 2 rings (SSSR count). The number of hydrogen-bond donors (Lipinski definition) is 2. The SMILES string of the molecule is CC(C)NC(=O)c1cncc(C(=O)NCc2ccccn2)c1. The smallest absolute Gasteiger partial charge is 0.253 e. The van der Waals surface area contributed by atoms with Crippen molar-refractivity contribution in [3.05, 3.63) is 59.7 Å². The first-order valence-electron chi connectivity index (χ1n) is 7.00. The summed E-state index contributed by atoms with van der Waals surface area (Å²) >= 11 is 0. The van der Waals surface area contributed by atoms with Gasteiger partial charge >= 0.3 is 0 Å². The number of aromatic nitrogens is 2. The van der Waals surface area contributed by atoms with Gasteiger partial charge in [0.2, 0.25) is 0 Å². The first-order valence-corrected chi connectivity index (χ1v) is 7.00. The van der Waals surface area contributed by atoms with E-state index < -0.39 is 0 Å². The molecule has 0 saturated heterocycles. The van der Waals surface area contributed by atoms with Gasteiger partial charge in [-0.3, -0.25) is 19.6 Å². The lowest BCUT2D eigenvalue weighted by Gasteiger charge is -2.09. The number of amides is 2. The molecular weight excluding hydrogens is 280 g/mol. The molecule has 2 aromatic rings. The van der Waals surface area contributed by atoms with Gasteiger partial charge in [-0.05, 0) is 32.0 Å². The highest BCUT2D eigenvalue weighted by molar-refractivity contribution is 5.99. The van der Waals surface area contributed by atoms with E-state index >= 15 is 0 Å². The third-order valence-electron chi connectivity index (χ3n) is 2.84. The number of pyridine rings is 2. The van der Waals surface area contributed by atoms with Crippen molar-refractivity contribution < 1.29 is 9.59 Å². The number of carbonyl (C=O) groups is 2. The molecule has 0 radical (unpaired) electrons. The molecule has 0 unspecified atom stereocenters. The molecule has 0 atom stereocenters. The van der Waals surface area contributed by atoms with Crippen LogP contribution in [-0.4, -0.2) is 27.8 Å². The average Bonchev–Trinajstić information content (AvgIpc) is 2.53. The average molecular weight is 298 g/mol. The van der Waals surface area contributed by atoms with Crippen LogP contribution in [0, 0.1) is 0 Å². The Morgan fingerprint density at radius 2 is 1.86 bits per heavy atom. The molecule has 2 heterocycles. The second-order valence-corrected chi connectivity index (χ2v) is 5.09. The van der Waals surface area contributed by atoms with E-state index in [4.69, 9.17) is 0 Å². The van der Waals surface area contributed by atoms with Crippen LogP contribution >= 0.6 is 0 Å². The van der Waals surface area contributed by atoms with Gasteiger partial charge < -0.3 is 10.6 Å². The number of carbonyl (C=O) groups excluding carboxylic acids is 2. The molecule has 6 nitrogen and oxygen atoms in total. The van der Waals surface area contributed by atoms with Crippen LogP contribution in [0.5, 0.6) is 0 Å². The molecule has 0 aliphatic carbocycles. The van der Waals surface area contributed by atoms with E-state index in [2.05, 4.69) is 20.6 Å². The van der Waals surface area contributed by atoms with Crippen LogP contribution in [0.3, 0.4) is 0 Å². The van der Waals surface area contributed by atoms with Gasteiger partial charge in [-0.15, -0.1) is 0 Å². The Kier molecular flexibility index (Phi) is 5.19. The van der Waals surface area contributed by atoms with Gasteiger partial charge in [0, 0.05) is 24.6 Å². The summed E-state index contributed by atoms with van der Waals surface area (Å²) in [5, 5.41) is 5.51. The maximum atomic E-state index is 12.1. The van der Waals surface area contributed by atoms with Crippen LogP contribution in [0.1, 0.15) is 40.3 Å². The van der Waals surface area contributed by atoms with Crippen molar-refractivity contribution in [2.45, 2.75) is 26.4 Å². The molecule has 6 heteroatoms. The second-order valence-electron chi connectivity index (χ2n) is 5.09. The van der Waals surface area contributed by atoms with Crippen LogP contribution in [0.25, 0.3) is 0 Å². The summed E-state index contributed by atoms with van der Waals surface area (Å²) in [7, 11) is 0. The minimum absolute atomic E-state index is 0.0223. The van der Waals surface area contributed by atoms with Gasteiger partial charge in [-0.1, -0.05) is 6.07 Å². The summed E-state index contributed by atoms with van der Waals surface area (Å²) in [6, 6.07) is 7.04. The highest BCUT2D eigenvalue weighted by Gasteiger charge is 2.12. The van der Waals surface area contributed by atoms with Gasteiger partial charge in [0.25, 0.3) is 11.8 Å². The lowest BCUT2D eigenvalue weighted by atomic mass is 10.1. The number of rotatable bonds is 5. The maximum absolute atomic E-state index is 12.1. The zero-order valence-electron chi connectivity index (χ0n) is 12.5. The topological polar surface area (TPSA) is 84.0 Å². The largest absolute Gasteiger partial charge is 0.350 e. The van der Waals surface area contributed by atoms with Crippen LogP contribution < -0.4 is 10.6 Å². The van der Waals surface area contributed by atoms with Crippen molar-refractivity contribution in [2.75, 3.05) is 0 Å². The first-order chi connectivity index (χ1) is 10.6. The normalized spacial score (nSPS) is 10.3. The van der Waals surface area contributed by atoms with Crippen molar-refractivity contribution in [3.63, 3.8) is 0 Å². The number of nitrogens with zero attached hydrogens (tertiary/aromatic N) is 2. The fraction of sp³-hybridized carbons (Fsp3) is 0.250. The van der Waals surface area contributed by atoms with Crippen molar-refractivity contribution in [1.29, 1.82) is 0 Å². The summed E-state index contributed by atoms with van der Waals surface area (Å²) in [6.45, 7) is 4.06. The van der Waals surface area contributed by atoms with Crippen LogP contribution in [-0.2, 0) is 6.54 Å². The van der Waals surface area contributed by atoms with Crippen LogP contribution in [0.2, 0.25) is 0 Å². The Labute approximate surface area is 129 Å². The van der Waals surface area contributed by atoms with E-state index in [0.717, 1.165) is 5.69 Å². The molecule has 0 spiro atoms. The molecule has 0 aliphatic rings. The molecule has 22 heavy (non-hydrogen) atoms. The molecule has 2 aromatic heterocycles. The fourth-order valence-electron chi connectivity index (χ4n) is 1.81. The molecule has 114 valence electrons. The minimum atomic E-state index is -0.294. The van der Waals surface area contributed by atoms with E-state index in [0.29, 0.717) is 17.7 Å². The summed E-state index contributed by atoms with van der Waals surface area (Å²) in [5.74, 6) is -0.542. The van der Waals surface area contributed by atoms with Gasteiger partial charge in [-0.25, -0.2) is 0 Å². The molecule has 0 saturated carbocycles. The van der Waals surface area contributed by atoms with E-state index in [1.54, 1.807) is 6.20 Å². The van der Waals surface area contributed by atoms with E-state index in [9.17, 15) is 9.59 Å². The molecular formula is C16H18N4O2. The molecule has 0 aromatic carbocycles. The summed E-state index contributed by atoms with van der Waals surface area (Å²) < 4.78 is 0.